The number of H-pyrrole nitrogens is 1. The number of amides is 1. The first-order valence-electron chi connectivity index (χ1n) is 12.5. The fraction of sp³-hybridized carbons (Fsp3) is 0.370. The normalized spacial score (nSPS) is 14.5. The lowest BCUT2D eigenvalue weighted by molar-refractivity contribution is 0.0139. The van der Waals surface area contributed by atoms with Crippen molar-refractivity contribution in [2.75, 3.05) is 38.6 Å². The van der Waals surface area contributed by atoms with E-state index in [2.05, 4.69) is 35.1 Å². The van der Waals surface area contributed by atoms with E-state index in [-0.39, 0.29) is 6.09 Å². The Morgan fingerprint density at radius 3 is 2.68 bits per heavy atom. The Hall–Kier alpha value is -4.25. The average Bonchev–Trinajstić information content (AvgIpc) is 3.29. The summed E-state index contributed by atoms with van der Waals surface area (Å²) in [4.78, 5) is 37.2. The van der Waals surface area contributed by atoms with Gasteiger partial charge in [-0.2, -0.15) is 0 Å². The molecule has 0 radical (unpaired) electrons. The SMILES string of the molecule is COc1cncnc1-c1ccc2nc(Nc3cc(CN4CCN(C(=O)OC(C)(C)C)CC4)ccn3)[nH]c2c1. The van der Waals surface area contributed by atoms with Gasteiger partial charge >= 0.3 is 6.09 Å². The zero-order valence-electron chi connectivity index (χ0n) is 22.1. The number of piperazine rings is 1. The predicted octanol–water partition coefficient (Wildman–Crippen LogP) is 4.22. The molecule has 0 saturated carbocycles. The Morgan fingerprint density at radius 1 is 1.11 bits per heavy atom. The highest BCUT2D eigenvalue weighted by Crippen LogP contribution is 2.29. The van der Waals surface area contributed by atoms with Gasteiger partial charge in [0.2, 0.25) is 5.95 Å². The summed E-state index contributed by atoms with van der Waals surface area (Å²) in [5.74, 6) is 1.91. The lowest BCUT2D eigenvalue weighted by Crippen LogP contribution is -2.49. The second-order valence-corrected chi connectivity index (χ2v) is 10.2. The van der Waals surface area contributed by atoms with Gasteiger partial charge in [0, 0.05) is 44.5 Å². The minimum atomic E-state index is -0.485. The number of benzene rings is 1. The molecular weight excluding hydrogens is 484 g/mol. The maximum absolute atomic E-state index is 12.3. The molecule has 3 aromatic heterocycles. The number of hydrogen-bond donors (Lipinski definition) is 2. The second kappa shape index (κ2) is 10.6. The Labute approximate surface area is 221 Å². The van der Waals surface area contributed by atoms with E-state index in [0.717, 1.165) is 47.5 Å². The molecule has 11 nitrogen and oxygen atoms in total. The van der Waals surface area contributed by atoms with E-state index in [4.69, 9.17) is 9.47 Å². The van der Waals surface area contributed by atoms with Gasteiger partial charge in [-0.15, -0.1) is 0 Å². The van der Waals surface area contributed by atoms with Gasteiger partial charge in [0.15, 0.2) is 5.75 Å². The number of nitrogens with zero attached hydrogens (tertiary/aromatic N) is 6. The van der Waals surface area contributed by atoms with Crippen LogP contribution in [0.1, 0.15) is 26.3 Å². The number of fused-ring (bicyclic) bond motifs is 1. The summed E-state index contributed by atoms with van der Waals surface area (Å²) < 4.78 is 10.9. The van der Waals surface area contributed by atoms with Gasteiger partial charge in [-0.05, 0) is 50.6 Å². The van der Waals surface area contributed by atoms with Crippen LogP contribution in [0.25, 0.3) is 22.3 Å². The maximum atomic E-state index is 12.3. The standard InChI is InChI=1S/C27H32N8O3/c1-27(2,3)38-26(36)35-11-9-34(10-12-35)16-18-7-8-29-23(13-18)33-25-31-20-6-5-19(14-21(20)32-25)24-22(37-4)15-28-17-30-24/h5-8,13-15,17H,9-12,16H2,1-4H3,(H2,29,31,32,33). The summed E-state index contributed by atoms with van der Waals surface area (Å²) in [6, 6.07) is 9.91. The molecule has 0 bridgehead atoms. The molecule has 4 heterocycles. The van der Waals surface area contributed by atoms with Crippen molar-refractivity contribution in [3.8, 4) is 17.0 Å². The number of rotatable bonds is 6. The Morgan fingerprint density at radius 2 is 1.92 bits per heavy atom. The van der Waals surface area contributed by atoms with Crippen LogP contribution in [0.2, 0.25) is 0 Å². The summed E-state index contributed by atoms with van der Waals surface area (Å²) >= 11 is 0. The van der Waals surface area contributed by atoms with Gasteiger partial charge in [0.1, 0.15) is 23.4 Å². The molecule has 1 aliphatic heterocycles. The fourth-order valence-electron chi connectivity index (χ4n) is 4.33. The third-order valence-electron chi connectivity index (χ3n) is 6.15. The van der Waals surface area contributed by atoms with Crippen LogP contribution in [0, 0.1) is 0 Å². The molecule has 1 amide bonds. The van der Waals surface area contributed by atoms with Crippen LogP contribution in [0.15, 0.2) is 49.1 Å². The van der Waals surface area contributed by atoms with Crippen molar-refractivity contribution < 1.29 is 14.3 Å². The number of anilines is 2. The van der Waals surface area contributed by atoms with Crippen LogP contribution >= 0.6 is 0 Å². The van der Waals surface area contributed by atoms with Gasteiger partial charge in [0.05, 0.1) is 24.3 Å². The maximum Gasteiger partial charge on any atom is 0.410 e. The van der Waals surface area contributed by atoms with Crippen LogP contribution < -0.4 is 10.1 Å². The minimum Gasteiger partial charge on any atom is -0.493 e. The number of methoxy groups -OCH3 is 1. The number of imidazole rings is 1. The number of carbonyl (C=O) groups excluding carboxylic acids is 1. The Kier molecular flexibility index (Phi) is 7.10. The van der Waals surface area contributed by atoms with Crippen LogP contribution in [0.5, 0.6) is 5.75 Å². The highest BCUT2D eigenvalue weighted by atomic mass is 16.6. The molecule has 0 aliphatic carbocycles. The lowest BCUT2D eigenvalue weighted by Gasteiger charge is -2.35. The first-order valence-corrected chi connectivity index (χ1v) is 12.5. The van der Waals surface area contributed by atoms with Crippen molar-refractivity contribution in [2.45, 2.75) is 32.9 Å². The third kappa shape index (κ3) is 6.00. The van der Waals surface area contributed by atoms with Crippen molar-refractivity contribution in [1.29, 1.82) is 0 Å². The predicted molar refractivity (Wildman–Crippen MR) is 144 cm³/mol. The topological polar surface area (TPSA) is 121 Å². The molecular formula is C27H32N8O3. The number of aromatic amines is 1. The minimum absolute atomic E-state index is 0.248. The smallest absolute Gasteiger partial charge is 0.410 e. The molecule has 198 valence electrons. The summed E-state index contributed by atoms with van der Waals surface area (Å²) in [5.41, 5.74) is 3.95. The monoisotopic (exact) mass is 516 g/mol. The van der Waals surface area contributed by atoms with Crippen LogP contribution in [-0.2, 0) is 11.3 Å². The molecule has 1 aliphatic rings. The summed E-state index contributed by atoms with van der Waals surface area (Å²) in [5, 5.41) is 3.28. The Bertz CT molecular complexity index is 1420. The highest BCUT2D eigenvalue weighted by Gasteiger charge is 2.25. The van der Waals surface area contributed by atoms with E-state index >= 15 is 0 Å². The van der Waals surface area contributed by atoms with Gasteiger partial charge in [0.25, 0.3) is 0 Å². The number of aromatic nitrogens is 5. The number of nitrogens with one attached hydrogen (secondary N) is 2. The van der Waals surface area contributed by atoms with Gasteiger partial charge in [-0.3, -0.25) is 4.90 Å². The van der Waals surface area contributed by atoms with Crippen molar-refractivity contribution in [3.05, 3.63) is 54.6 Å². The van der Waals surface area contributed by atoms with E-state index in [9.17, 15) is 4.79 Å². The molecule has 4 aromatic rings. The highest BCUT2D eigenvalue weighted by molar-refractivity contribution is 5.84. The van der Waals surface area contributed by atoms with Crippen LogP contribution in [0.3, 0.4) is 0 Å². The van der Waals surface area contributed by atoms with E-state index < -0.39 is 5.60 Å². The van der Waals surface area contributed by atoms with Crippen LogP contribution in [0.4, 0.5) is 16.6 Å². The Balaban J connectivity index is 1.22. The van der Waals surface area contributed by atoms with Gasteiger partial charge in [-0.1, -0.05) is 6.07 Å². The summed E-state index contributed by atoms with van der Waals surface area (Å²) in [6.07, 6.45) is 4.69. The summed E-state index contributed by atoms with van der Waals surface area (Å²) in [6.45, 7) is 9.28. The van der Waals surface area contributed by atoms with Gasteiger partial charge in [-0.25, -0.2) is 24.7 Å². The van der Waals surface area contributed by atoms with Gasteiger partial charge < -0.3 is 24.7 Å². The molecule has 0 spiro atoms. The zero-order valence-corrected chi connectivity index (χ0v) is 22.1. The molecule has 1 aromatic carbocycles. The van der Waals surface area contributed by atoms with Crippen molar-refractivity contribution in [3.63, 3.8) is 0 Å². The molecule has 1 saturated heterocycles. The molecule has 5 rings (SSSR count). The first kappa shape index (κ1) is 25.4. The van der Waals surface area contributed by atoms with Crippen molar-refractivity contribution in [1.82, 2.24) is 34.7 Å². The molecule has 0 unspecified atom stereocenters. The largest absolute Gasteiger partial charge is 0.493 e. The zero-order chi connectivity index (χ0) is 26.7. The lowest BCUT2D eigenvalue weighted by atomic mass is 10.1. The quantitative estimate of drug-likeness (QED) is 0.388. The van der Waals surface area contributed by atoms with E-state index in [1.807, 2.05) is 51.1 Å². The van der Waals surface area contributed by atoms with Crippen LogP contribution in [-0.4, -0.2) is 79.7 Å². The van der Waals surface area contributed by atoms with Crippen molar-refractivity contribution in [2.24, 2.45) is 0 Å². The third-order valence-corrected chi connectivity index (χ3v) is 6.15. The number of ether oxygens (including phenoxy) is 2. The van der Waals surface area contributed by atoms with E-state index in [1.165, 1.54) is 6.33 Å². The number of hydrogen-bond acceptors (Lipinski definition) is 9. The van der Waals surface area contributed by atoms with E-state index in [1.54, 1.807) is 24.4 Å². The first-order chi connectivity index (χ1) is 18.3. The molecule has 0 atom stereocenters. The number of carbonyl (C=O) groups is 1. The molecule has 38 heavy (non-hydrogen) atoms. The van der Waals surface area contributed by atoms with Crippen molar-refractivity contribution >= 4 is 28.9 Å². The average molecular weight is 517 g/mol. The summed E-state index contributed by atoms with van der Waals surface area (Å²) in [7, 11) is 1.60. The van der Waals surface area contributed by atoms with E-state index in [0.29, 0.717) is 30.6 Å². The second-order valence-electron chi connectivity index (χ2n) is 10.2. The molecule has 11 heteroatoms. The molecule has 2 N–H and O–H groups in total. The molecule has 1 fully saturated rings. The number of pyridine rings is 1. The fourth-order valence-corrected chi connectivity index (χ4v) is 4.33.